The first-order valence-corrected chi connectivity index (χ1v) is 10.8. The minimum Gasteiger partial charge on any atom is -0.462 e. The molecule has 2 aromatic rings. The molecule has 29 heavy (non-hydrogen) atoms. The van der Waals surface area contributed by atoms with Crippen LogP contribution in [0.1, 0.15) is 74.4 Å². The van der Waals surface area contributed by atoms with E-state index in [1.165, 1.54) is 6.42 Å². The summed E-state index contributed by atoms with van der Waals surface area (Å²) in [7, 11) is 0. The highest BCUT2D eigenvalue weighted by atomic mass is 16.5. The maximum atomic E-state index is 12.9. The number of esters is 1. The van der Waals surface area contributed by atoms with Crippen LogP contribution >= 0.6 is 0 Å². The lowest BCUT2D eigenvalue weighted by molar-refractivity contribution is -0.157. The molecule has 1 saturated carbocycles. The summed E-state index contributed by atoms with van der Waals surface area (Å²) in [5, 5.41) is 0. The number of rotatable bonds is 6. The number of carbonyl (C=O) groups is 2. The van der Waals surface area contributed by atoms with Gasteiger partial charge in [-0.25, -0.2) is 0 Å². The van der Waals surface area contributed by atoms with Gasteiger partial charge >= 0.3 is 5.97 Å². The smallest absolute Gasteiger partial charge is 0.313 e. The van der Waals surface area contributed by atoms with Crippen LogP contribution in [0.5, 0.6) is 0 Å². The topological polar surface area (TPSA) is 43.4 Å². The number of ether oxygens (including phenoxy) is 1. The molecule has 4 atom stereocenters. The fraction of sp³-hybridized carbons (Fsp3) is 0.462. The molecule has 0 bridgehead atoms. The number of ketones is 1. The average molecular weight is 393 g/mol. The monoisotopic (exact) mass is 392 g/mol. The Hall–Kier alpha value is -2.42. The highest BCUT2D eigenvalue weighted by Crippen LogP contribution is 2.36. The normalized spacial score (nSPS) is 22.9. The molecule has 0 N–H and O–H groups in total. The van der Waals surface area contributed by atoms with Crippen molar-refractivity contribution in [2.45, 2.75) is 59.0 Å². The second-order valence-electron chi connectivity index (χ2n) is 8.84. The van der Waals surface area contributed by atoms with Gasteiger partial charge in [-0.1, -0.05) is 75.7 Å². The van der Waals surface area contributed by atoms with Crippen LogP contribution in [-0.4, -0.2) is 17.9 Å². The van der Waals surface area contributed by atoms with Crippen LogP contribution in [0.25, 0.3) is 0 Å². The van der Waals surface area contributed by atoms with Crippen molar-refractivity contribution >= 4 is 11.8 Å². The zero-order chi connectivity index (χ0) is 21.0. The molecule has 3 rings (SSSR count). The van der Waals surface area contributed by atoms with E-state index >= 15 is 0 Å². The van der Waals surface area contributed by atoms with Gasteiger partial charge in [0, 0.05) is 11.1 Å². The summed E-state index contributed by atoms with van der Waals surface area (Å²) in [6.07, 6.45) is 3.25. The molecule has 0 saturated heterocycles. The van der Waals surface area contributed by atoms with Gasteiger partial charge in [0.25, 0.3) is 0 Å². The first kappa shape index (κ1) is 21.3. The van der Waals surface area contributed by atoms with Gasteiger partial charge in [0.05, 0.1) is 5.92 Å². The molecule has 2 aromatic carbocycles. The summed E-state index contributed by atoms with van der Waals surface area (Å²) in [5.41, 5.74) is 2.07. The molecular formula is C26H32O3. The van der Waals surface area contributed by atoms with E-state index in [1.54, 1.807) is 6.07 Å². The molecule has 0 aromatic heterocycles. The SMILES string of the molecule is CC1CCC(C(C)C)C(OC(=O)C(C)c2cccc(C(=O)c3ccccc3)c2)C1. The molecule has 0 spiro atoms. The zero-order valence-electron chi connectivity index (χ0n) is 17.9. The van der Waals surface area contributed by atoms with E-state index in [0.717, 1.165) is 18.4 Å². The fourth-order valence-electron chi connectivity index (χ4n) is 4.34. The van der Waals surface area contributed by atoms with Crippen molar-refractivity contribution in [2.75, 3.05) is 0 Å². The Labute approximate surface area is 174 Å². The van der Waals surface area contributed by atoms with Crippen molar-refractivity contribution in [1.82, 2.24) is 0 Å². The third-order valence-electron chi connectivity index (χ3n) is 6.27. The molecular weight excluding hydrogens is 360 g/mol. The van der Waals surface area contributed by atoms with E-state index in [1.807, 2.05) is 55.5 Å². The fourth-order valence-corrected chi connectivity index (χ4v) is 4.34. The molecule has 154 valence electrons. The maximum absolute atomic E-state index is 12.9. The van der Waals surface area contributed by atoms with E-state index in [4.69, 9.17) is 4.74 Å². The van der Waals surface area contributed by atoms with Crippen LogP contribution in [0.4, 0.5) is 0 Å². The highest BCUT2D eigenvalue weighted by Gasteiger charge is 2.34. The van der Waals surface area contributed by atoms with Gasteiger partial charge in [0.15, 0.2) is 5.78 Å². The van der Waals surface area contributed by atoms with Gasteiger partial charge < -0.3 is 4.74 Å². The summed E-state index contributed by atoms with van der Waals surface area (Å²) in [5.74, 6) is 0.886. The standard InChI is InChI=1S/C26H32O3/c1-17(2)23-14-13-18(3)15-24(23)29-26(28)19(4)21-11-8-12-22(16-21)25(27)20-9-6-5-7-10-20/h5-12,16-19,23-24H,13-15H2,1-4H3. The summed E-state index contributed by atoms with van der Waals surface area (Å²) in [6.45, 7) is 8.53. The van der Waals surface area contributed by atoms with Gasteiger partial charge in [-0.3, -0.25) is 9.59 Å². The van der Waals surface area contributed by atoms with Crippen molar-refractivity contribution in [3.8, 4) is 0 Å². The molecule has 0 amide bonds. The minimum atomic E-state index is -0.399. The predicted octanol–water partition coefficient (Wildman–Crippen LogP) is 6.03. The van der Waals surface area contributed by atoms with Crippen molar-refractivity contribution in [2.24, 2.45) is 17.8 Å². The first-order valence-electron chi connectivity index (χ1n) is 10.8. The van der Waals surface area contributed by atoms with E-state index in [9.17, 15) is 9.59 Å². The Morgan fingerprint density at radius 2 is 1.62 bits per heavy atom. The number of hydrogen-bond acceptors (Lipinski definition) is 3. The van der Waals surface area contributed by atoms with Crippen molar-refractivity contribution in [3.63, 3.8) is 0 Å². The van der Waals surface area contributed by atoms with Crippen LogP contribution in [0.2, 0.25) is 0 Å². The molecule has 0 heterocycles. The third-order valence-corrected chi connectivity index (χ3v) is 6.27. The molecule has 1 fully saturated rings. The van der Waals surface area contributed by atoms with Crippen LogP contribution < -0.4 is 0 Å². The van der Waals surface area contributed by atoms with Crippen molar-refractivity contribution in [3.05, 3.63) is 71.3 Å². The van der Waals surface area contributed by atoms with E-state index in [0.29, 0.717) is 28.9 Å². The van der Waals surface area contributed by atoms with Gasteiger partial charge in [0.1, 0.15) is 6.10 Å². The second kappa shape index (κ2) is 9.39. The number of benzene rings is 2. The Kier molecular flexibility index (Phi) is 6.89. The molecule has 3 heteroatoms. The van der Waals surface area contributed by atoms with Gasteiger partial charge in [0.2, 0.25) is 0 Å². The second-order valence-corrected chi connectivity index (χ2v) is 8.84. The number of hydrogen-bond donors (Lipinski definition) is 0. The highest BCUT2D eigenvalue weighted by molar-refractivity contribution is 6.09. The summed E-state index contributed by atoms with van der Waals surface area (Å²) >= 11 is 0. The Bertz CT molecular complexity index is 840. The number of carbonyl (C=O) groups excluding carboxylic acids is 2. The van der Waals surface area contributed by atoms with Crippen molar-refractivity contribution in [1.29, 1.82) is 0 Å². The van der Waals surface area contributed by atoms with Crippen LogP contribution in [-0.2, 0) is 9.53 Å². The third kappa shape index (κ3) is 5.14. The lowest BCUT2D eigenvalue weighted by Crippen LogP contribution is -2.36. The minimum absolute atomic E-state index is 0.0113. The van der Waals surface area contributed by atoms with Crippen LogP contribution in [0.15, 0.2) is 54.6 Å². The Morgan fingerprint density at radius 1 is 0.931 bits per heavy atom. The van der Waals surface area contributed by atoms with E-state index in [-0.39, 0.29) is 17.9 Å². The van der Waals surface area contributed by atoms with E-state index < -0.39 is 5.92 Å². The van der Waals surface area contributed by atoms with Gasteiger partial charge in [-0.05, 0) is 49.1 Å². The maximum Gasteiger partial charge on any atom is 0.313 e. The Balaban J connectivity index is 1.73. The van der Waals surface area contributed by atoms with Crippen LogP contribution in [0, 0.1) is 17.8 Å². The molecule has 0 aliphatic heterocycles. The average Bonchev–Trinajstić information content (AvgIpc) is 2.73. The molecule has 4 unspecified atom stereocenters. The first-order chi connectivity index (χ1) is 13.9. The largest absolute Gasteiger partial charge is 0.462 e. The predicted molar refractivity (Wildman–Crippen MR) is 116 cm³/mol. The Morgan fingerprint density at radius 3 is 2.31 bits per heavy atom. The lowest BCUT2D eigenvalue weighted by Gasteiger charge is -2.37. The molecule has 0 radical (unpaired) electrons. The van der Waals surface area contributed by atoms with Gasteiger partial charge in [-0.15, -0.1) is 0 Å². The quantitative estimate of drug-likeness (QED) is 0.446. The lowest BCUT2D eigenvalue weighted by atomic mass is 9.75. The summed E-state index contributed by atoms with van der Waals surface area (Å²) in [4.78, 5) is 25.7. The summed E-state index contributed by atoms with van der Waals surface area (Å²) < 4.78 is 6.01. The zero-order valence-corrected chi connectivity index (χ0v) is 17.9. The van der Waals surface area contributed by atoms with Crippen LogP contribution in [0.3, 0.4) is 0 Å². The molecule has 1 aliphatic carbocycles. The molecule has 1 aliphatic rings. The molecule has 3 nitrogen and oxygen atoms in total. The van der Waals surface area contributed by atoms with Gasteiger partial charge in [-0.2, -0.15) is 0 Å². The van der Waals surface area contributed by atoms with E-state index in [2.05, 4.69) is 20.8 Å². The van der Waals surface area contributed by atoms with Crippen molar-refractivity contribution < 1.29 is 14.3 Å². The summed E-state index contributed by atoms with van der Waals surface area (Å²) in [6, 6.07) is 16.6.